The first-order valence-electron chi connectivity index (χ1n) is 6.36. The van der Waals surface area contributed by atoms with Gasteiger partial charge in [0, 0.05) is 20.6 Å². The average molecular weight is 240 g/mol. The van der Waals surface area contributed by atoms with Crippen molar-refractivity contribution in [2.45, 2.75) is 56.5 Å². The minimum absolute atomic E-state index is 0.201. The molecular weight excluding hydrogens is 220 g/mol. The predicted octanol–water partition coefficient (Wildman–Crippen LogP) is 1.67. The second kappa shape index (κ2) is 3.31. The summed E-state index contributed by atoms with van der Waals surface area (Å²) in [4.78, 5) is 12.6. The highest BCUT2D eigenvalue weighted by Crippen LogP contribution is 2.63. The lowest BCUT2D eigenvalue weighted by Gasteiger charge is -2.43. The third kappa shape index (κ3) is 1.12. The van der Waals surface area contributed by atoms with E-state index in [1.54, 1.807) is 14.2 Å². The number of hydrogen-bond donors (Lipinski definition) is 0. The van der Waals surface area contributed by atoms with Crippen LogP contribution < -0.4 is 0 Å². The van der Waals surface area contributed by atoms with Gasteiger partial charge in [-0.2, -0.15) is 0 Å². The maximum atomic E-state index is 12.6. The zero-order chi connectivity index (χ0) is 12.3. The number of methoxy groups -OCH3 is 2. The van der Waals surface area contributed by atoms with E-state index < -0.39 is 17.5 Å². The predicted molar refractivity (Wildman–Crippen MR) is 60.6 cm³/mol. The van der Waals surface area contributed by atoms with Crippen LogP contribution in [-0.4, -0.2) is 37.5 Å². The van der Waals surface area contributed by atoms with Crippen molar-refractivity contribution in [2.24, 2.45) is 5.41 Å². The van der Waals surface area contributed by atoms with Crippen LogP contribution in [0.4, 0.5) is 0 Å². The Morgan fingerprint density at radius 1 is 1.24 bits per heavy atom. The fraction of sp³-hybridized carbons (Fsp3) is 0.923. The Morgan fingerprint density at radius 2 is 1.82 bits per heavy atom. The van der Waals surface area contributed by atoms with Crippen LogP contribution in [0, 0.1) is 5.41 Å². The van der Waals surface area contributed by atoms with Gasteiger partial charge < -0.3 is 14.2 Å². The molecule has 1 aliphatic carbocycles. The molecule has 3 rings (SSSR count). The van der Waals surface area contributed by atoms with Gasteiger partial charge in [0.15, 0.2) is 11.9 Å². The molecule has 3 aliphatic rings. The number of rotatable bonds is 2. The van der Waals surface area contributed by atoms with Crippen LogP contribution in [0.2, 0.25) is 0 Å². The van der Waals surface area contributed by atoms with Crippen LogP contribution in [-0.2, 0) is 19.0 Å². The molecular formula is C13H20O4. The smallest absolute Gasteiger partial charge is 0.204 e. The first kappa shape index (κ1) is 11.6. The van der Waals surface area contributed by atoms with Gasteiger partial charge >= 0.3 is 0 Å². The Morgan fingerprint density at radius 3 is 2.29 bits per heavy atom. The molecule has 2 saturated heterocycles. The summed E-state index contributed by atoms with van der Waals surface area (Å²) >= 11 is 0. The van der Waals surface area contributed by atoms with Crippen molar-refractivity contribution in [3.05, 3.63) is 0 Å². The van der Waals surface area contributed by atoms with E-state index in [-0.39, 0.29) is 11.2 Å². The summed E-state index contributed by atoms with van der Waals surface area (Å²) < 4.78 is 16.9. The normalized spacial score (nSPS) is 41.6. The molecule has 4 nitrogen and oxygen atoms in total. The third-order valence-corrected chi connectivity index (χ3v) is 5.23. The van der Waals surface area contributed by atoms with Crippen molar-refractivity contribution in [3.8, 4) is 0 Å². The molecule has 2 atom stereocenters. The van der Waals surface area contributed by atoms with Crippen LogP contribution in [0.15, 0.2) is 0 Å². The van der Waals surface area contributed by atoms with Gasteiger partial charge in [-0.05, 0) is 19.8 Å². The molecule has 1 spiro atoms. The van der Waals surface area contributed by atoms with E-state index in [0.29, 0.717) is 6.42 Å². The lowest BCUT2D eigenvalue weighted by atomic mass is 9.62. The SMILES string of the molecule is COC1(OC)C[C@]2(C)O[C@H]1C(=O)C21CCCC1. The van der Waals surface area contributed by atoms with E-state index in [9.17, 15) is 4.79 Å². The molecule has 2 heterocycles. The zero-order valence-electron chi connectivity index (χ0n) is 10.7. The highest BCUT2D eigenvalue weighted by Gasteiger charge is 2.75. The number of Topliss-reactive ketones (excluding diaryl/α,β-unsaturated/α-hetero) is 1. The van der Waals surface area contributed by atoms with Crippen LogP contribution in [0.5, 0.6) is 0 Å². The van der Waals surface area contributed by atoms with E-state index in [1.165, 1.54) is 0 Å². The summed E-state index contributed by atoms with van der Waals surface area (Å²) in [5, 5.41) is 0. The molecule has 2 aliphatic heterocycles. The maximum Gasteiger partial charge on any atom is 0.204 e. The maximum absolute atomic E-state index is 12.6. The molecule has 2 bridgehead atoms. The van der Waals surface area contributed by atoms with Crippen LogP contribution in [0.25, 0.3) is 0 Å². The van der Waals surface area contributed by atoms with Crippen molar-refractivity contribution >= 4 is 5.78 Å². The van der Waals surface area contributed by atoms with Crippen molar-refractivity contribution in [2.75, 3.05) is 14.2 Å². The summed E-state index contributed by atoms with van der Waals surface area (Å²) in [7, 11) is 3.18. The number of hydrogen-bond acceptors (Lipinski definition) is 4. The Kier molecular flexibility index (Phi) is 2.26. The van der Waals surface area contributed by atoms with Gasteiger partial charge in [0.25, 0.3) is 0 Å². The molecule has 0 N–H and O–H groups in total. The van der Waals surface area contributed by atoms with Crippen LogP contribution in [0.1, 0.15) is 39.0 Å². The molecule has 4 heteroatoms. The summed E-state index contributed by atoms with van der Waals surface area (Å²) in [5.41, 5.74) is -0.671. The molecule has 3 fully saturated rings. The van der Waals surface area contributed by atoms with Crippen molar-refractivity contribution in [1.29, 1.82) is 0 Å². The molecule has 0 amide bonds. The number of ketones is 1. The summed E-state index contributed by atoms with van der Waals surface area (Å²) in [6, 6.07) is 0. The molecule has 0 unspecified atom stereocenters. The van der Waals surface area contributed by atoms with Gasteiger partial charge in [0.1, 0.15) is 0 Å². The minimum atomic E-state index is -0.861. The van der Waals surface area contributed by atoms with Gasteiger partial charge in [-0.3, -0.25) is 4.79 Å². The first-order chi connectivity index (χ1) is 8.04. The number of ether oxygens (including phenoxy) is 3. The zero-order valence-corrected chi connectivity index (χ0v) is 10.7. The molecule has 0 radical (unpaired) electrons. The van der Waals surface area contributed by atoms with Gasteiger partial charge in [-0.25, -0.2) is 0 Å². The van der Waals surface area contributed by atoms with Gasteiger partial charge in [0.05, 0.1) is 11.0 Å². The summed E-state index contributed by atoms with van der Waals surface area (Å²) in [6.07, 6.45) is 4.30. The van der Waals surface area contributed by atoms with Gasteiger partial charge in [0.2, 0.25) is 5.79 Å². The second-order valence-corrected chi connectivity index (χ2v) is 5.78. The van der Waals surface area contributed by atoms with E-state index >= 15 is 0 Å². The topological polar surface area (TPSA) is 44.8 Å². The Labute approximate surface area is 102 Å². The van der Waals surface area contributed by atoms with Crippen molar-refractivity contribution in [3.63, 3.8) is 0 Å². The molecule has 96 valence electrons. The fourth-order valence-electron chi connectivity index (χ4n) is 4.20. The van der Waals surface area contributed by atoms with Gasteiger partial charge in [-0.15, -0.1) is 0 Å². The average Bonchev–Trinajstić information content (AvgIpc) is 2.96. The first-order valence-corrected chi connectivity index (χ1v) is 6.36. The lowest BCUT2D eigenvalue weighted by Crippen LogP contribution is -2.57. The molecule has 0 aromatic heterocycles. The highest BCUT2D eigenvalue weighted by atomic mass is 16.7. The van der Waals surface area contributed by atoms with Crippen LogP contribution >= 0.6 is 0 Å². The third-order valence-electron chi connectivity index (χ3n) is 5.23. The second-order valence-electron chi connectivity index (χ2n) is 5.78. The van der Waals surface area contributed by atoms with E-state index in [1.807, 2.05) is 0 Å². The fourth-order valence-corrected chi connectivity index (χ4v) is 4.20. The number of fused-ring (bicyclic) bond motifs is 3. The highest BCUT2D eigenvalue weighted by molar-refractivity contribution is 5.94. The van der Waals surface area contributed by atoms with Gasteiger partial charge in [-0.1, -0.05) is 12.8 Å². The molecule has 1 saturated carbocycles. The van der Waals surface area contributed by atoms with E-state index in [2.05, 4.69) is 6.92 Å². The quantitative estimate of drug-likeness (QED) is 0.689. The van der Waals surface area contributed by atoms with E-state index in [4.69, 9.17) is 14.2 Å². The Bertz CT molecular complexity index is 354. The number of carbonyl (C=O) groups is 1. The lowest BCUT2D eigenvalue weighted by molar-refractivity contribution is -0.230. The number of carbonyl (C=O) groups excluding carboxylic acids is 1. The Balaban J connectivity index is 2.02. The molecule has 17 heavy (non-hydrogen) atoms. The minimum Gasteiger partial charge on any atom is -0.357 e. The molecule has 0 aromatic carbocycles. The van der Waals surface area contributed by atoms with Crippen LogP contribution in [0.3, 0.4) is 0 Å². The van der Waals surface area contributed by atoms with Crippen molar-refractivity contribution < 1.29 is 19.0 Å². The standard InChI is InChI=1S/C13H20O4/c1-11-8-13(15-2,16-3)10(17-11)9(14)12(11)6-4-5-7-12/h10H,4-8H2,1-3H3/t10-,11-/m0/s1. The Hall–Kier alpha value is -0.450. The monoisotopic (exact) mass is 240 g/mol. The summed E-state index contributed by atoms with van der Waals surface area (Å²) in [6.45, 7) is 2.05. The van der Waals surface area contributed by atoms with Crippen molar-refractivity contribution in [1.82, 2.24) is 0 Å². The molecule has 0 aromatic rings. The largest absolute Gasteiger partial charge is 0.357 e. The van der Waals surface area contributed by atoms with E-state index in [0.717, 1.165) is 25.7 Å². The summed E-state index contributed by atoms with van der Waals surface area (Å²) in [5.74, 6) is -0.660.